The highest BCUT2D eigenvalue weighted by Gasteiger charge is 2.27. The van der Waals surface area contributed by atoms with E-state index in [1.807, 2.05) is 0 Å². The Bertz CT molecular complexity index is 457. The molecule has 0 spiro atoms. The van der Waals surface area contributed by atoms with Gasteiger partial charge in [-0.05, 0) is 19.9 Å². The Morgan fingerprint density at radius 2 is 2.11 bits per heavy atom. The lowest BCUT2D eigenvalue weighted by Crippen LogP contribution is -2.43. The van der Waals surface area contributed by atoms with Crippen molar-refractivity contribution in [2.75, 3.05) is 19.3 Å². The summed E-state index contributed by atoms with van der Waals surface area (Å²) in [6.07, 6.45) is 2.91. The smallest absolute Gasteiger partial charge is 0.253 e. The number of nitrogens with two attached hydrogens (primary N) is 1. The van der Waals surface area contributed by atoms with Crippen LogP contribution in [-0.2, 0) is 4.79 Å². The van der Waals surface area contributed by atoms with E-state index in [0.717, 1.165) is 0 Å². The number of hydrogen-bond donors (Lipinski definition) is 3. The number of carbonyl (C=O) groups excluding carboxylic acids is 2. The summed E-state index contributed by atoms with van der Waals surface area (Å²) >= 11 is 0. The number of anilines is 1. The number of nitrogens with one attached hydrogen (secondary N) is 2. The first-order valence-electron chi connectivity index (χ1n) is 5.58. The average Bonchev–Trinajstić information content (AvgIpc) is 2.35. The lowest BCUT2D eigenvalue weighted by Gasteiger charge is -2.22. The van der Waals surface area contributed by atoms with Gasteiger partial charge in [-0.3, -0.25) is 14.6 Å². The van der Waals surface area contributed by atoms with Gasteiger partial charge in [0.2, 0.25) is 5.91 Å². The van der Waals surface area contributed by atoms with Gasteiger partial charge in [0.1, 0.15) is 0 Å². The Hall–Kier alpha value is -2.11. The Morgan fingerprint density at radius 3 is 2.67 bits per heavy atom. The fourth-order valence-electron chi connectivity index (χ4n) is 1.43. The summed E-state index contributed by atoms with van der Waals surface area (Å²) in [5.74, 6) is -0.447. The molecule has 0 aliphatic rings. The van der Waals surface area contributed by atoms with Crippen LogP contribution in [0.4, 0.5) is 5.69 Å². The van der Waals surface area contributed by atoms with E-state index in [-0.39, 0.29) is 18.4 Å². The van der Waals surface area contributed by atoms with Gasteiger partial charge in [0.25, 0.3) is 5.91 Å². The van der Waals surface area contributed by atoms with Crippen molar-refractivity contribution < 1.29 is 9.59 Å². The van der Waals surface area contributed by atoms with Crippen molar-refractivity contribution in [3.05, 3.63) is 24.0 Å². The molecule has 0 saturated heterocycles. The van der Waals surface area contributed by atoms with Gasteiger partial charge < -0.3 is 16.4 Å². The van der Waals surface area contributed by atoms with Crippen LogP contribution >= 0.6 is 0 Å². The highest BCUT2D eigenvalue weighted by Crippen LogP contribution is 2.14. The normalized spacial score (nSPS) is 10.8. The van der Waals surface area contributed by atoms with Gasteiger partial charge in [-0.15, -0.1) is 0 Å². The summed E-state index contributed by atoms with van der Waals surface area (Å²) < 4.78 is 0. The predicted molar refractivity (Wildman–Crippen MR) is 68.8 cm³/mol. The van der Waals surface area contributed by atoms with Crippen molar-refractivity contribution >= 4 is 17.5 Å². The quantitative estimate of drug-likeness (QED) is 0.709. The zero-order valence-electron chi connectivity index (χ0n) is 10.8. The zero-order valence-corrected chi connectivity index (χ0v) is 10.8. The number of rotatable bonds is 4. The first kappa shape index (κ1) is 14.0. The summed E-state index contributed by atoms with van der Waals surface area (Å²) in [4.78, 5) is 27.2. The molecule has 0 radical (unpaired) electrons. The third-order valence-electron chi connectivity index (χ3n) is 2.63. The number of pyridine rings is 1. The van der Waals surface area contributed by atoms with Crippen LogP contribution in [0.15, 0.2) is 18.5 Å². The van der Waals surface area contributed by atoms with Gasteiger partial charge in [-0.1, -0.05) is 0 Å². The molecule has 0 saturated carbocycles. The SMILES string of the molecule is CNC(=O)C(C)(C)CNC(=O)c1ccncc1N. The molecule has 1 aromatic heterocycles. The number of aromatic nitrogens is 1. The molecular weight excluding hydrogens is 232 g/mol. The molecule has 4 N–H and O–H groups in total. The van der Waals surface area contributed by atoms with Crippen LogP contribution in [0.1, 0.15) is 24.2 Å². The minimum Gasteiger partial charge on any atom is -0.397 e. The summed E-state index contributed by atoms with van der Waals surface area (Å²) in [5, 5.41) is 5.24. The molecule has 1 heterocycles. The molecule has 1 rings (SSSR count). The van der Waals surface area contributed by atoms with Crippen molar-refractivity contribution in [3.8, 4) is 0 Å². The van der Waals surface area contributed by atoms with E-state index in [4.69, 9.17) is 5.73 Å². The second-order valence-electron chi connectivity index (χ2n) is 4.61. The van der Waals surface area contributed by atoms with Crippen molar-refractivity contribution in [1.82, 2.24) is 15.6 Å². The van der Waals surface area contributed by atoms with Gasteiger partial charge >= 0.3 is 0 Å². The molecule has 0 unspecified atom stereocenters. The molecule has 6 heteroatoms. The number of nitrogens with zero attached hydrogens (tertiary/aromatic N) is 1. The summed E-state index contributed by atoms with van der Waals surface area (Å²) in [7, 11) is 1.56. The van der Waals surface area contributed by atoms with E-state index < -0.39 is 5.41 Å². The van der Waals surface area contributed by atoms with Gasteiger partial charge in [-0.25, -0.2) is 0 Å². The van der Waals surface area contributed by atoms with Crippen molar-refractivity contribution in [2.24, 2.45) is 5.41 Å². The molecular formula is C12H18N4O2. The number of nitrogen functional groups attached to an aromatic ring is 1. The number of amides is 2. The van der Waals surface area contributed by atoms with Crippen molar-refractivity contribution in [1.29, 1.82) is 0 Å². The van der Waals surface area contributed by atoms with Gasteiger partial charge in [0.15, 0.2) is 0 Å². The molecule has 6 nitrogen and oxygen atoms in total. The van der Waals surface area contributed by atoms with Gasteiger partial charge in [0, 0.05) is 19.8 Å². The lowest BCUT2D eigenvalue weighted by molar-refractivity contribution is -0.128. The van der Waals surface area contributed by atoms with Crippen LogP contribution in [0.5, 0.6) is 0 Å². The monoisotopic (exact) mass is 250 g/mol. The van der Waals surface area contributed by atoms with Crippen molar-refractivity contribution in [3.63, 3.8) is 0 Å². The first-order chi connectivity index (χ1) is 8.38. The minimum atomic E-state index is -0.674. The van der Waals surface area contributed by atoms with E-state index in [2.05, 4.69) is 15.6 Å². The van der Waals surface area contributed by atoms with Crippen LogP contribution in [0.3, 0.4) is 0 Å². The van der Waals surface area contributed by atoms with E-state index in [1.165, 1.54) is 18.5 Å². The molecule has 1 aromatic rings. The van der Waals surface area contributed by atoms with E-state index >= 15 is 0 Å². The largest absolute Gasteiger partial charge is 0.397 e. The average molecular weight is 250 g/mol. The van der Waals surface area contributed by atoms with E-state index in [0.29, 0.717) is 11.3 Å². The summed E-state index contributed by atoms with van der Waals surface area (Å²) in [6.45, 7) is 3.73. The Balaban J connectivity index is 2.68. The van der Waals surface area contributed by atoms with Crippen LogP contribution in [0.25, 0.3) is 0 Å². The maximum atomic E-state index is 11.9. The molecule has 0 bridgehead atoms. The van der Waals surface area contributed by atoms with Gasteiger partial charge in [-0.2, -0.15) is 0 Å². The second kappa shape index (κ2) is 5.48. The third kappa shape index (κ3) is 3.19. The van der Waals surface area contributed by atoms with Crippen LogP contribution < -0.4 is 16.4 Å². The molecule has 0 atom stereocenters. The lowest BCUT2D eigenvalue weighted by atomic mass is 9.92. The third-order valence-corrected chi connectivity index (χ3v) is 2.63. The summed E-state index contributed by atoms with van der Waals surface area (Å²) in [6, 6.07) is 1.54. The standard InChI is InChI=1S/C12H18N4O2/c1-12(2,11(18)14-3)7-16-10(17)8-4-5-15-6-9(8)13/h4-6H,7,13H2,1-3H3,(H,14,18)(H,16,17). The summed E-state index contributed by atoms with van der Waals surface area (Å²) in [5.41, 5.74) is 5.64. The van der Waals surface area contributed by atoms with E-state index in [1.54, 1.807) is 20.9 Å². The fourth-order valence-corrected chi connectivity index (χ4v) is 1.43. The molecule has 2 amide bonds. The Labute approximate surface area is 106 Å². The molecule has 0 aliphatic carbocycles. The fraction of sp³-hybridized carbons (Fsp3) is 0.417. The molecule has 0 aliphatic heterocycles. The Kier molecular flexibility index (Phi) is 4.25. The first-order valence-corrected chi connectivity index (χ1v) is 5.58. The zero-order chi connectivity index (χ0) is 13.8. The maximum Gasteiger partial charge on any atom is 0.253 e. The van der Waals surface area contributed by atoms with Crippen LogP contribution in [0.2, 0.25) is 0 Å². The highest BCUT2D eigenvalue weighted by atomic mass is 16.2. The molecule has 0 fully saturated rings. The van der Waals surface area contributed by atoms with Crippen LogP contribution in [-0.4, -0.2) is 30.4 Å². The molecule has 98 valence electrons. The number of hydrogen-bond acceptors (Lipinski definition) is 4. The highest BCUT2D eigenvalue weighted by molar-refractivity contribution is 5.99. The Morgan fingerprint density at radius 1 is 1.44 bits per heavy atom. The predicted octanol–water partition coefficient (Wildman–Crippen LogP) is 0.166. The van der Waals surface area contributed by atoms with Crippen LogP contribution in [0, 0.1) is 5.41 Å². The van der Waals surface area contributed by atoms with E-state index in [9.17, 15) is 9.59 Å². The second-order valence-corrected chi connectivity index (χ2v) is 4.61. The molecule has 0 aromatic carbocycles. The topological polar surface area (TPSA) is 97.1 Å². The number of carbonyl (C=O) groups is 2. The molecule has 18 heavy (non-hydrogen) atoms. The maximum absolute atomic E-state index is 11.9. The van der Waals surface area contributed by atoms with Gasteiger partial charge in [0.05, 0.1) is 22.9 Å². The minimum absolute atomic E-state index is 0.134. The van der Waals surface area contributed by atoms with Crippen molar-refractivity contribution in [2.45, 2.75) is 13.8 Å².